The number of amides is 1. The van der Waals surface area contributed by atoms with Crippen molar-refractivity contribution in [2.24, 2.45) is 5.73 Å². The van der Waals surface area contributed by atoms with Crippen molar-refractivity contribution < 1.29 is 9.90 Å². The van der Waals surface area contributed by atoms with Gasteiger partial charge in [-0.3, -0.25) is 0 Å². The highest BCUT2D eigenvalue weighted by Crippen LogP contribution is 2.20. The number of carboxylic acid groups (broad SMARTS) is 1. The topological polar surface area (TPSA) is 69.8 Å². The highest BCUT2D eigenvalue weighted by molar-refractivity contribution is 5.65. The Morgan fingerprint density at radius 3 is 2.50 bits per heavy atom. The van der Waals surface area contributed by atoms with E-state index < -0.39 is 11.6 Å². The number of hydrogen-bond donors (Lipinski definition) is 2. The average Bonchev–Trinajstić information content (AvgIpc) is 2.28. The predicted octanol–water partition coefficient (Wildman–Crippen LogP) is 1.49. The van der Waals surface area contributed by atoms with Crippen LogP contribution in [-0.2, 0) is 0 Å². The molecular formula is C11H23N3O2. The smallest absolute Gasteiger partial charge is 0.422 e. The molecule has 1 unspecified atom stereocenters. The molecule has 5 heteroatoms. The van der Waals surface area contributed by atoms with E-state index in [1.807, 2.05) is 25.8 Å². The molecule has 0 aromatic carbocycles. The zero-order chi connectivity index (χ0) is 12.3. The molecule has 94 valence electrons. The zero-order valence-electron chi connectivity index (χ0n) is 10.4. The van der Waals surface area contributed by atoms with Crippen LogP contribution in [0, 0.1) is 0 Å². The van der Waals surface area contributed by atoms with Crippen LogP contribution in [0.2, 0.25) is 0 Å². The van der Waals surface area contributed by atoms with Crippen molar-refractivity contribution in [1.82, 2.24) is 10.0 Å². The van der Waals surface area contributed by atoms with Crippen molar-refractivity contribution in [1.29, 1.82) is 0 Å². The van der Waals surface area contributed by atoms with E-state index in [-0.39, 0.29) is 6.04 Å². The normalized spacial score (nSPS) is 23.9. The van der Waals surface area contributed by atoms with E-state index in [1.54, 1.807) is 0 Å². The fourth-order valence-corrected chi connectivity index (χ4v) is 2.14. The van der Waals surface area contributed by atoms with Gasteiger partial charge in [0.15, 0.2) is 0 Å². The molecule has 3 N–H and O–H groups in total. The molecule has 0 bridgehead atoms. The second-order valence-corrected chi connectivity index (χ2v) is 5.41. The molecular weight excluding hydrogens is 206 g/mol. The maximum Gasteiger partial charge on any atom is 0.422 e. The van der Waals surface area contributed by atoms with Crippen LogP contribution in [0.4, 0.5) is 4.79 Å². The zero-order valence-corrected chi connectivity index (χ0v) is 10.4. The highest BCUT2D eigenvalue weighted by atomic mass is 16.4. The number of hydrazine groups is 1. The summed E-state index contributed by atoms with van der Waals surface area (Å²) < 4.78 is 0. The Labute approximate surface area is 97.2 Å². The number of hydrogen-bond acceptors (Lipinski definition) is 3. The quantitative estimate of drug-likeness (QED) is 0.714. The standard InChI is InChI=1S/C11H23N3O2/c1-11(2,3)14(10(15)16)13-7-4-5-9(12)6-8-13/h9H,4-8,12H2,1-3H3,(H,15,16). The molecule has 1 aliphatic heterocycles. The van der Waals surface area contributed by atoms with Crippen molar-refractivity contribution in [2.45, 2.75) is 51.6 Å². The number of nitrogens with two attached hydrogens (primary N) is 1. The van der Waals surface area contributed by atoms with Crippen molar-refractivity contribution >= 4 is 6.09 Å². The summed E-state index contributed by atoms with van der Waals surface area (Å²) >= 11 is 0. The van der Waals surface area contributed by atoms with Gasteiger partial charge >= 0.3 is 6.09 Å². The van der Waals surface area contributed by atoms with Gasteiger partial charge in [-0.05, 0) is 40.0 Å². The van der Waals surface area contributed by atoms with Crippen molar-refractivity contribution in [3.05, 3.63) is 0 Å². The Hall–Kier alpha value is -0.810. The van der Waals surface area contributed by atoms with Crippen LogP contribution < -0.4 is 5.73 Å². The molecule has 0 aromatic rings. The first kappa shape index (κ1) is 13.3. The first-order valence-corrected chi connectivity index (χ1v) is 5.86. The largest absolute Gasteiger partial charge is 0.464 e. The van der Waals surface area contributed by atoms with Gasteiger partial charge in [0.05, 0.1) is 5.54 Å². The minimum atomic E-state index is -0.886. The molecule has 0 radical (unpaired) electrons. The van der Waals surface area contributed by atoms with Gasteiger partial charge in [0.1, 0.15) is 0 Å². The van der Waals surface area contributed by atoms with E-state index in [1.165, 1.54) is 5.01 Å². The van der Waals surface area contributed by atoms with Gasteiger partial charge in [-0.15, -0.1) is 0 Å². The summed E-state index contributed by atoms with van der Waals surface area (Å²) in [5.41, 5.74) is 5.49. The van der Waals surface area contributed by atoms with Crippen molar-refractivity contribution in [3.63, 3.8) is 0 Å². The van der Waals surface area contributed by atoms with Crippen LogP contribution in [0.5, 0.6) is 0 Å². The van der Waals surface area contributed by atoms with Crippen LogP contribution in [0.15, 0.2) is 0 Å². The van der Waals surface area contributed by atoms with E-state index >= 15 is 0 Å². The van der Waals surface area contributed by atoms with E-state index in [9.17, 15) is 9.90 Å². The van der Waals surface area contributed by atoms with Gasteiger partial charge in [0.25, 0.3) is 0 Å². The molecule has 1 atom stereocenters. The lowest BCUT2D eigenvalue weighted by Crippen LogP contribution is -2.55. The number of nitrogens with zero attached hydrogens (tertiary/aromatic N) is 2. The molecule has 0 saturated carbocycles. The van der Waals surface area contributed by atoms with E-state index in [2.05, 4.69) is 0 Å². The van der Waals surface area contributed by atoms with E-state index in [0.29, 0.717) is 0 Å². The summed E-state index contributed by atoms with van der Waals surface area (Å²) in [7, 11) is 0. The molecule has 1 fully saturated rings. The lowest BCUT2D eigenvalue weighted by atomic mass is 10.1. The third-order valence-electron chi connectivity index (χ3n) is 2.85. The maximum atomic E-state index is 11.3. The molecule has 1 saturated heterocycles. The number of rotatable bonds is 1. The van der Waals surface area contributed by atoms with Crippen LogP contribution >= 0.6 is 0 Å². The first-order valence-electron chi connectivity index (χ1n) is 5.86. The van der Waals surface area contributed by atoms with Crippen LogP contribution in [0.1, 0.15) is 40.0 Å². The van der Waals surface area contributed by atoms with Gasteiger partial charge < -0.3 is 10.8 Å². The Bertz CT molecular complexity index is 250. The van der Waals surface area contributed by atoms with Crippen molar-refractivity contribution in [3.8, 4) is 0 Å². The van der Waals surface area contributed by atoms with E-state index in [4.69, 9.17) is 5.73 Å². The van der Waals surface area contributed by atoms with Crippen LogP contribution in [0.3, 0.4) is 0 Å². The highest BCUT2D eigenvalue weighted by Gasteiger charge is 2.32. The Balaban J connectivity index is 2.75. The molecule has 0 spiro atoms. The SMILES string of the molecule is CC(C)(C)N(C(=O)O)N1CCCC(N)CC1. The Morgan fingerprint density at radius 1 is 1.38 bits per heavy atom. The summed E-state index contributed by atoms with van der Waals surface area (Å²) in [5, 5.41) is 12.6. The van der Waals surface area contributed by atoms with Gasteiger partial charge in [0.2, 0.25) is 0 Å². The molecule has 1 aliphatic rings. The summed E-state index contributed by atoms with van der Waals surface area (Å²) in [6.45, 7) is 7.23. The fraction of sp³-hybridized carbons (Fsp3) is 0.909. The molecule has 1 rings (SSSR count). The van der Waals surface area contributed by atoms with Crippen LogP contribution in [0.25, 0.3) is 0 Å². The summed E-state index contributed by atoms with van der Waals surface area (Å²) in [5.74, 6) is 0. The minimum absolute atomic E-state index is 0.209. The third-order valence-corrected chi connectivity index (χ3v) is 2.85. The Kier molecular flexibility index (Phi) is 4.15. The lowest BCUT2D eigenvalue weighted by molar-refractivity contribution is -0.0641. The first-order chi connectivity index (χ1) is 7.32. The molecule has 0 aliphatic carbocycles. The monoisotopic (exact) mass is 229 g/mol. The van der Waals surface area contributed by atoms with Gasteiger partial charge in [-0.25, -0.2) is 14.8 Å². The van der Waals surface area contributed by atoms with Gasteiger partial charge in [0, 0.05) is 19.1 Å². The minimum Gasteiger partial charge on any atom is -0.464 e. The van der Waals surface area contributed by atoms with Gasteiger partial charge in [-0.1, -0.05) is 0 Å². The van der Waals surface area contributed by atoms with Crippen LogP contribution in [-0.4, -0.2) is 45.9 Å². The molecule has 1 heterocycles. The number of carbonyl (C=O) groups is 1. The summed E-state index contributed by atoms with van der Waals surface area (Å²) in [4.78, 5) is 11.3. The molecule has 0 aromatic heterocycles. The summed E-state index contributed by atoms with van der Waals surface area (Å²) in [6.07, 6.45) is 1.91. The fourth-order valence-electron chi connectivity index (χ4n) is 2.14. The molecule has 5 nitrogen and oxygen atoms in total. The Morgan fingerprint density at radius 2 is 2.00 bits per heavy atom. The second-order valence-electron chi connectivity index (χ2n) is 5.41. The molecule has 1 amide bonds. The maximum absolute atomic E-state index is 11.3. The third kappa shape index (κ3) is 3.35. The summed E-state index contributed by atoms with van der Waals surface area (Å²) in [6, 6.07) is 0.209. The average molecular weight is 229 g/mol. The van der Waals surface area contributed by atoms with Crippen molar-refractivity contribution in [2.75, 3.05) is 13.1 Å². The second kappa shape index (κ2) is 5.01. The van der Waals surface area contributed by atoms with Gasteiger partial charge in [-0.2, -0.15) is 0 Å². The predicted molar refractivity (Wildman–Crippen MR) is 63.0 cm³/mol. The lowest BCUT2D eigenvalue weighted by Gasteiger charge is -2.41. The molecule has 16 heavy (non-hydrogen) atoms. The van der Waals surface area contributed by atoms with E-state index in [0.717, 1.165) is 32.4 Å².